The van der Waals surface area contributed by atoms with Crippen molar-refractivity contribution in [3.8, 4) is 6.19 Å². The fourth-order valence-corrected chi connectivity index (χ4v) is 2.75. The lowest BCUT2D eigenvalue weighted by molar-refractivity contribution is 0.0773. The first-order valence-electron chi connectivity index (χ1n) is 7.27. The zero-order valence-corrected chi connectivity index (χ0v) is 11.9. The van der Waals surface area contributed by atoms with Gasteiger partial charge in [0.25, 0.3) is 0 Å². The van der Waals surface area contributed by atoms with Gasteiger partial charge in [-0.25, -0.2) is 0 Å². The summed E-state index contributed by atoms with van der Waals surface area (Å²) in [4.78, 5) is 1.80. The van der Waals surface area contributed by atoms with E-state index in [2.05, 4.69) is 30.5 Å². The van der Waals surface area contributed by atoms with Crippen molar-refractivity contribution in [2.45, 2.75) is 19.1 Å². The minimum Gasteiger partial charge on any atom is -0.369 e. The van der Waals surface area contributed by atoms with E-state index in [9.17, 15) is 5.26 Å². The fraction of sp³-hybridized carbons (Fsp3) is 0.278. The molecule has 1 aliphatic rings. The fourth-order valence-electron chi connectivity index (χ4n) is 2.75. The van der Waals surface area contributed by atoms with E-state index in [4.69, 9.17) is 4.74 Å². The predicted octanol–water partition coefficient (Wildman–Crippen LogP) is 3.48. The highest BCUT2D eigenvalue weighted by Crippen LogP contribution is 2.30. The molecule has 0 saturated carbocycles. The van der Waals surface area contributed by atoms with Crippen LogP contribution in [0.25, 0.3) is 0 Å². The first-order valence-corrected chi connectivity index (χ1v) is 7.27. The normalized spacial score (nSPS) is 18.8. The van der Waals surface area contributed by atoms with E-state index in [1.807, 2.05) is 30.3 Å². The van der Waals surface area contributed by atoms with Crippen molar-refractivity contribution in [3.63, 3.8) is 0 Å². The van der Waals surface area contributed by atoms with Crippen molar-refractivity contribution in [2.24, 2.45) is 0 Å². The van der Waals surface area contributed by atoms with Crippen LogP contribution in [0.1, 0.15) is 29.2 Å². The van der Waals surface area contributed by atoms with Gasteiger partial charge in [-0.05, 0) is 23.1 Å². The molecule has 3 heteroatoms. The third-order valence-electron chi connectivity index (χ3n) is 3.80. The molecule has 2 aromatic rings. The Labute approximate surface area is 125 Å². The van der Waals surface area contributed by atoms with Crippen LogP contribution in [-0.4, -0.2) is 18.1 Å². The van der Waals surface area contributed by atoms with E-state index in [0.29, 0.717) is 13.2 Å². The van der Waals surface area contributed by atoms with E-state index in [0.717, 1.165) is 29.7 Å². The number of benzene rings is 2. The monoisotopic (exact) mass is 278 g/mol. The number of nitriles is 1. The van der Waals surface area contributed by atoms with Crippen LogP contribution in [0.5, 0.6) is 0 Å². The summed E-state index contributed by atoms with van der Waals surface area (Å²) in [5.74, 6) is 0. The molecule has 0 saturated heterocycles. The molecule has 3 rings (SSSR count). The summed E-state index contributed by atoms with van der Waals surface area (Å²) < 4.78 is 6.13. The van der Waals surface area contributed by atoms with Gasteiger partial charge in [0.2, 0.25) is 0 Å². The second-order valence-electron chi connectivity index (χ2n) is 5.24. The number of hydrogen-bond donors (Lipinski definition) is 0. The summed E-state index contributed by atoms with van der Waals surface area (Å²) in [7, 11) is 0. The Kier molecular flexibility index (Phi) is 4.18. The molecule has 2 aromatic carbocycles. The molecular formula is C18H18N2O. The lowest BCUT2D eigenvalue weighted by Crippen LogP contribution is -2.19. The largest absolute Gasteiger partial charge is 0.369 e. The number of ether oxygens (including phenoxy) is 1. The van der Waals surface area contributed by atoms with Crippen LogP contribution >= 0.6 is 0 Å². The SMILES string of the molecule is N#CN1CCCO[C@@H](c2ccccc2)c2ccccc2C1. The van der Waals surface area contributed by atoms with Crippen LogP contribution in [0.15, 0.2) is 54.6 Å². The zero-order chi connectivity index (χ0) is 14.5. The Hall–Kier alpha value is -2.31. The molecule has 0 N–H and O–H groups in total. The van der Waals surface area contributed by atoms with Gasteiger partial charge in [0.05, 0.1) is 6.54 Å². The summed E-state index contributed by atoms with van der Waals surface area (Å²) in [6.07, 6.45) is 3.08. The summed E-state index contributed by atoms with van der Waals surface area (Å²) in [6.45, 7) is 2.05. The molecule has 106 valence electrons. The van der Waals surface area contributed by atoms with Crippen molar-refractivity contribution in [3.05, 3.63) is 71.3 Å². The molecule has 0 radical (unpaired) electrons. The standard InChI is InChI=1S/C18H18N2O/c19-14-20-11-6-12-21-18(15-7-2-1-3-8-15)17-10-5-4-9-16(17)13-20/h1-5,7-10,18H,6,11-13H2/t18-/m0/s1. The van der Waals surface area contributed by atoms with Crippen LogP contribution < -0.4 is 0 Å². The Morgan fingerprint density at radius 2 is 1.81 bits per heavy atom. The minimum absolute atomic E-state index is 0.0546. The van der Waals surface area contributed by atoms with Gasteiger partial charge in [-0.2, -0.15) is 5.26 Å². The minimum atomic E-state index is -0.0546. The molecule has 0 amide bonds. The van der Waals surface area contributed by atoms with Gasteiger partial charge in [0, 0.05) is 13.2 Å². The van der Waals surface area contributed by atoms with Gasteiger partial charge < -0.3 is 9.64 Å². The maximum absolute atomic E-state index is 9.24. The van der Waals surface area contributed by atoms with Crippen molar-refractivity contribution in [1.82, 2.24) is 4.90 Å². The van der Waals surface area contributed by atoms with Gasteiger partial charge in [0.15, 0.2) is 6.19 Å². The molecule has 0 unspecified atom stereocenters. The topological polar surface area (TPSA) is 36.3 Å². The Bertz CT molecular complexity index is 633. The van der Waals surface area contributed by atoms with E-state index in [-0.39, 0.29) is 6.10 Å². The molecule has 1 aliphatic heterocycles. The van der Waals surface area contributed by atoms with Crippen LogP contribution in [0.3, 0.4) is 0 Å². The van der Waals surface area contributed by atoms with E-state index < -0.39 is 0 Å². The maximum Gasteiger partial charge on any atom is 0.179 e. The predicted molar refractivity (Wildman–Crippen MR) is 81.3 cm³/mol. The lowest BCUT2D eigenvalue weighted by atomic mass is 9.96. The van der Waals surface area contributed by atoms with Crippen molar-refractivity contribution in [1.29, 1.82) is 5.26 Å². The number of nitrogens with zero attached hydrogens (tertiary/aromatic N) is 2. The van der Waals surface area contributed by atoms with Crippen LogP contribution in [0.4, 0.5) is 0 Å². The van der Waals surface area contributed by atoms with Crippen molar-refractivity contribution < 1.29 is 4.74 Å². The van der Waals surface area contributed by atoms with E-state index in [1.54, 1.807) is 4.90 Å². The molecular weight excluding hydrogens is 260 g/mol. The Balaban J connectivity index is 2.02. The summed E-state index contributed by atoms with van der Waals surface area (Å²) in [5.41, 5.74) is 3.48. The molecule has 0 spiro atoms. The summed E-state index contributed by atoms with van der Waals surface area (Å²) >= 11 is 0. The molecule has 3 nitrogen and oxygen atoms in total. The number of fused-ring (bicyclic) bond motifs is 1. The molecule has 0 bridgehead atoms. The highest BCUT2D eigenvalue weighted by Gasteiger charge is 2.20. The maximum atomic E-state index is 9.24. The second kappa shape index (κ2) is 6.43. The van der Waals surface area contributed by atoms with Crippen LogP contribution in [0, 0.1) is 11.5 Å². The van der Waals surface area contributed by atoms with Crippen molar-refractivity contribution in [2.75, 3.05) is 13.2 Å². The Morgan fingerprint density at radius 1 is 1.05 bits per heavy atom. The number of hydrogen-bond acceptors (Lipinski definition) is 3. The van der Waals surface area contributed by atoms with Crippen molar-refractivity contribution >= 4 is 0 Å². The second-order valence-corrected chi connectivity index (χ2v) is 5.24. The van der Waals surface area contributed by atoms with Crippen LogP contribution in [0.2, 0.25) is 0 Å². The van der Waals surface area contributed by atoms with Gasteiger partial charge >= 0.3 is 0 Å². The summed E-state index contributed by atoms with van der Waals surface area (Å²) in [5, 5.41) is 9.24. The molecule has 0 aromatic heterocycles. The third kappa shape index (κ3) is 3.07. The van der Waals surface area contributed by atoms with Gasteiger partial charge in [-0.3, -0.25) is 0 Å². The third-order valence-corrected chi connectivity index (χ3v) is 3.80. The van der Waals surface area contributed by atoms with Gasteiger partial charge in [-0.1, -0.05) is 54.6 Å². The van der Waals surface area contributed by atoms with Gasteiger partial charge in [-0.15, -0.1) is 0 Å². The quantitative estimate of drug-likeness (QED) is 0.749. The lowest BCUT2D eigenvalue weighted by Gasteiger charge is -2.21. The first-order chi connectivity index (χ1) is 10.4. The van der Waals surface area contributed by atoms with E-state index in [1.165, 1.54) is 0 Å². The molecule has 1 heterocycles. The van der Waals surface area contributed by atoms with Crippen LogP contribution in [-0.2, 0) is 11.3 Å². The highest BCUT2D eigenvalue weighted by molar-refractivity contribution is 5.36. The average Bonchev–Trinajstić information content (AvgIpc) is 2.64. The first kappa shape index (κ1) is 13.7. The smallest absolute Gasteiger partial charge is 0.179 e. The zero-order valence-electron chi connectivity index (χ0n) is 11.9. The molecule has 21 heavy (non-hydrogen) atoms. The van der Waals surface area contributed by atoms with Gasteiger partial charge in [0.1, 0.15) is 6.10 Å². The Morgan fingerprint density at radius 3 is 2.62 bits per heavy atom. The summed E-state index contributed by atoms with van der Waals surface area (Å²) in [6, 6.07) is 18.5. The molecule has 1 atom stereocenters. The molecule has 0 aliphatic carbocycles. The van der Waals surface area contributed by atoms with E-state index >= 15 is 0 Å². The highest BCUT2D eigenvalue weighted by atomic mass is 16.5. The molecule has 0 fully saturated rings. The average molecular weight is 278 g/mol. The number of rotatable bonds is 1.